The van der Waals surface area contributed by atoms with Gasteiger partial charge in [0.1, 0.15) is 5.82 Å². The molecule has 17 heavy (non-hydrogen) atoms. The van der Waals surface area contributed by atoms with Gasteiger partial charge in [-0.15, -0.1) is 0 Å². The Morgan fingerprint density at radius 2 is 2.29 bits per heavy atom. The van der Waals surface area contributed by atoms with Gasteiger partial charge in [0.25, 0.3) is 0 Å². The summed E-state index contributed by atoms with van der Waals surface area (Å²) in [5.74, 6) is 1.84. The van der Waals surface area contributed by atoms with Gasteiger partial charge >= 0.3 is 0 Å². The maximum atomic E-state index is 5.84. The van der Waals surface area contributed by atoms with Gasteiger partial charge < -0.3 is 9.64 Å². The van der Waals surface area contributed by atoms with Crippen LogP contribution in [0.15, 0.2) is 18.2 Å². The van der Waals surface area contributed by atoms with Crippen LogP contribution in [0.4, 0.5) is 5.82 Å². The van der Waals surface area contributed by atoms with Crippen molar-refractivity contribution >= 4 is 5.82 Å². The number of aryl methyl sites for hydroxylation is 1. The highest BCUT2D eigenvalue weighted by atomic mass is 16.5. The van der Waals surface area contributed by atoms with Crippen molar-refractivity contribution in [2.75, 3.05) is 24.6 Å². The third kappa shape index (κ3) is 2.29. The molecule has 2 saturated heterocycles. The van der Waals surface area contributed by atoms with Crippen LogP contribution in [-0.4, -0.2) is 30.8 Å². The molecule has 0 radical (unpaired) electrons. The molecule has 0 amide bonds. The van der Waals surface area contributed by atoms with Crippen molar-refractivity contribution in [2.45, 2.75) is 32.3 Å². The van der Waals surface area contributed by atoms with Gasteiger partial charge in [-0.1, -0.05) is 6.07 Å². The van der Waals surface area contributed by atoms with E-state index >= 15 is 0 Å². The highest BCUT2D eigenvalue weighted by Gasteiger charge is 2.32. The minimum absolute atomic E-state index is 0.504. The second-order valence-electron chi connectivity index (χ2n) is 5.18. The molecule has 92 valence electrons. The second-order valence-corrected chi connectivity index (χ2v) is 5.18. The predicted octanol–water partition coefficient (Wildman–Crippen LogP) is 2.40. The van der Waals surface area contributed by atoms with Gasteiger partial charge in [0.2, 0.25) is 0 Å². The van der Waals surface area contributed by atoms with Gasteiger partial charge in [-0.05, 0) is 38.3 Å². The number of fused-ring (bicyclic) bond motifs is 1. The number of ether oxygens (including phenoxy) is 1. The Morgan fingerprint density at radius 1 is 1.35 bits per heavy atom. The van der Waals surface area contributed by atoms with E-state index in [1.165, 1.54) is 12.8 Å². The molecule has 3 nitrogen and oxygen atoms in total. The Bertz CT molecular complexity index is 394. The van der Waals surface area contributed by atoms with Crippen LogP contribution >= 0.6 is 0 Å². The standard InChI is InChI=1S/C14H20N2O/c1-11-4-2-6-14(15-11)16-8-7-13-12(10-16)5-3-9-17-13/h2,4,6,12-13H,3,5,7-10H2,1H3/t12-,13+/m0/s1. The molecule has 0 bridgehead atoms. The molecule has 2 fully saturated rings. The van der Waals surface area contributed by atoms with E-state index in [1.54, 1.807) is 0 Å². The number of rotatable bonds is 1. The van der Waals surface area contributed by atoms with E-state index in [0.29, 0.717) is 12.0 Å². The lowest BCUT2D eigenvalue weighted by atomic mass is 9.88. The summed E-state index contributed by atoms with van der Waals surface area (Å²) in [4.78, 5) is 7.04. The summed E-state index contributed by atoms with van der Waals surface area (Å²) in [5, 5.41) is 0. The van der Waals surface area contributed by atoms with Crippen LogP contribution in [0.5, 0.6) is 0 Å². The zero-order valence-electron chi connectivity index (χ0n) is 10.4. The molecule has 2 atom stereocenters. The fourth-order valence-electron chi connectivity index (χ4n) is 3.00. The first kappa shape index (κ1) is 11.0. The molecular formula is C14H20N2O. The Morgan fingerprint density at radius 3 is 3.18 bits per heavy atom. The number of hydrogen-bond donors (Lipinski definition) is 0. The number of pyridine rings is 1. The molecule has 3 heteroatoms. The second kappa shape index (κ2) is 4.65. The summed E-state index contributed by atoms with van der Waals surface area (Å²) in [6.07, 6.45) is 4.19. The third-order valence-electron chi connectivity index (χ3n) is 3.91. The molecular weight excluding hydrogens is 212 g/mol. The zero-order chi connectivity index (χ0) is 11.7. The van der Waals surface area contributed by atoms with Crippen LogP contribution in [0.2, 0.25) is 0 Å². The average Bonchev–Trinajstić information content (AvgIpc) is 2.38. The third-order valence-corrected chi connectivity index (χ3v) is 3.91. The molecule has 0 N–H and O–H groups in total. The fourth-order valence-corrected chi connectivity index (χ4v) is 3.00. The molecule has 3 rings (SSSR count). The minimum atomic E-state index is 0.504. The number of anilines is 1. The number of piperidine rings is 1. The molecule has 0 saturated carbocycles. The van der Waals surface area contributed by atoms with Crippen LogP contribution in [0.25, 0.3) is 0 Å². The Hall–Kier alpha value is -1.09. The van der Waals surface area contributed by atoms with Crippen LogP contribution in [0.3, 0.4) is 0 Å². The molecule has 1 aromatic heterocycles. The van der Waals surface area contributed by atoms with E-state index in [9.17, 15) is 0 Å². The first-order valence-corrected chi connectivity index (χ1v) is 6.63. The van der Waals surface area contributed by atoms with E-state index in [1.807, 2.05) is 0 Å². The Labute approximate surface area is 103 Å². The lowest BCUT2D eigenvalue weighted by Crippen LogP contribution is -2.46. The van der Waals surface area contributed by atoms with Gasteiger partial charge in [-0.25, -0.2) is 4.98 Å². The van der Waals surface area contributed by atoms with Gasteiger partial charge in [-0.3, -0.25) is 0 Å². The molecule has 2 aliphatic rings. The maximum Gasteiger partial charge on any atom is 0.128 e. The predicted molar refractivity (Wildman–Crippen MR) is 68.3 cm³/mol. The van der Waals surface area contributed by atoms with Crippen LogP contribution in [-0.2, 0) is 4.74 Å². The summed E-state index contributed by atoms with van der Waals surface area (Å²) in [6.45, 7) is 5.21. The number of nitrogens with zero attached hydrogens (tertiary/aromatic N) is 2. The van der Waals surface area contributed by atoms with Crippen molar-refractivity contribution in [1.29, 1.82) is 0 Å². The lowest BCUT2D eigenvalue weighted by Gasteiger charge is -2.41. The molecule has 1 aromatic rings. The average molecular weight is 232 g/mol. The fraction of sp³-hybridized carbons (Fsp3) is 0.643. The number of hydrogen-bond acceptors (Lipinski definition) is 3. The summed E-state index contributed by atoms with van der Waals surface area (Å²) >= 11 is 0. The highest BCUT2D eigenvalue weighted by Crippen LogP contribution is 2.30. The first-order chi connectivity index (χ1) is 8.33. The largest absolute Gasteiger partial charge is 0.378 e. The summed E-state index contributed by atoms with van der Waals surface area (Å²) in [7, 11) is 0. The summed E-state index contributed by atoms with van der Waals surface area (Å²) < 4.78 is 5.84. The molecule has 3 heterocycles. The summed E-state index contributed by atoms with van der Waals surface area (Å²) in [5.41, 5.74) is 1.10. The van der Waals surface area contributed by atoms with E-state index in [0.717, 1.165) is 37.6 Å². The van der Waals surface area contributed by atoms with Crippen molar-refractivity contribution < 1.29 is 4.74 Å². The quantitative estimate of drug-likeness (QED) is 0.743. The van der Waals surface area contributed by atoms with Crippen molar-refractivity contribution in [3.63, 3.8) is 0 Å². The van der Waals surface area contributed by atoms with Crippen molar-refractivity contribution in [1.82, 2.24) is 4.98 Å². The smallest absolute Gasteiger partial charge is 0.128 e. The van der Waals surface area contributed by atoms with E-state index in [2.05, 4.69) is 35.0 Å². The molecule has 0 aliphatic carbocycles. The monoisotopic (exact) mass is 232 g/mol. The maximum absolute atomic E-state index is 5.84. The van der Waals surface area contributed by atoms with Gasteiger partial charge in [0, 0.05) is 31.3 Å². The van der Waals surface area contributed by atoms with Crippen molar-refractivity contribution in [3.8, 4) is 0 Å². The minimum Gasteiger partial charge on any atom is -0.378 e. The Balaban J connectivity index is 1.73. The SMILES string of the molecule is Cc1cccc(N2CC[C@H]3OCCC[C@H]3C2)n1. The topological polar surface area (TPSA) is 25.4 Å². The van der Waals surface area contributed by atoms with Crippen molar-refractivity contribution in [2.24, 2.45) is 5.92 Å². The zero-order valence-corrected chi connectivity index (χ0v) is 10.4. The molecule has 2 aliphatic heterocycles. The van der Waals surface area contributed by atoms with Gasteiger partial charge in [0.15, 0.2) is 0 Å². The normalized spacial score (nSPS) is 28.9. The first-order valence-electron chi connectivity index (χ1n) is 6.63. The van der Waals surface area contributed by atoms with Crippen molar-refractivity contribution in [3.05, 3.63) is 23.9 Å². The number of aromatic nitrogens is 1. The van der Waals surface area contributed by atoms with Crippen LogP contribution < -0.4 is 4.90 Å². The summed E-state index contributed by atoms with van der Waals surface area (Å²) in [6, 6.07) is 6.28. The van der Waals surface area contributed by atoms with E-state index < -0.39 is 0 Å². The van der Waals surface area contributed by atoms with Crippen LogP contribution in [0.1, 0.15) is 25.0 Å². The van der Waals surface area contributed by atoms with Gasteiger partial charge in [0.05, 0.1) is 6.10 Å². The van der Waals surface area contributed by atoms with E-state index in [-0.39, 0.29) is 0 Å². The highest BCUT2D eigenvalue weighted by molar-refractivity contribution is 5.39. The van der Waals surface area contributed by atoms with Crippen LogP contribution in [0, 0.1) is 12.8 Å². The molecule has 0 aromatic carbocycles. The lowest BCUT2D eigenvalue weighted by molar-refractivity contribution is -0.0358. The van der Waals surface area contributed by atoms with Gasteiger partial charge in [-0.2, -0.15) is 0 Å². The Kier molecular flexibility index (Phi) is 3.02. The van der Waals surface area contributed by atoms with E-state index in [4.69, 9.17) is 4.74 Å². The molecule has 0 unspecified atom stereocenters. The molecule has 0 spiro atoms.